The van der Waals surface area contributed by atoms with E-state index in [0.29, 0.717) is 17.8 Å². The van der Waals surface area contributed by atoms with Gasteiger partial charge in [0, 0.05) is 5.92 Å². The molecule has 4 atom stereocenters. The molecule has 0 unspecified atom stereocenters. The lowest BCUT2D eigenvalue weighted by Gasteiger charge is -2.24. The Hall–Kier alpha value is -0.370. The average Bonchev–Trinajstić information content (AvgIpc) is 2.63. The summed E-state index contributed by atoms with van der Waals surface area (Å²) in [6.45, 7) is 2.28. The molecule has 12 heavy (non-hydrogen) atoms. The Bertz CT molecular complexity index is 234. The van der Waals surface area contributed by atoms with Crippen LogP contribution in [0, 0.1) is 23.7 Å². The lowest BCUT2D eigenvalue weighted by Crippen LogP contribution is -2.25. The zero-order valence-electron chi connectivity index (χ0n) is 7.49. The Kier molecular flexibility index (Phi) is 1.95. The van der Waals surface area contributed by atoms with Crippen LogP contribution in [-0.4, -0.2) is 12.2 Å². The fraction of sp³-hybridized carbons (Fsp3) is 0.700. The maximum atomic E-state index is 5.20. The molecule has 0 N–H and O–H groups in total. The van der Waals surface area contributed by atoms with Crippen molar-refractivity contribution in [1.82, 2.24) is 0 Å². The van der Waals surface area contributed by atoms with Gasteiger partial charge in [0.15, 0.2) is 5.05 Å². The predicted molar refractivity (Wildman–Crippen MR) is 53.0 cm³/mol. The molecule has 1 fully saturated rings. The van der Waals surface area contributed by atoms with E-state index in [1.807, 2.05) is 0 Å². The maximum absolute atomic E-state index is 5.20. The minimum absolute atomic E-state index is 0.500. The molecule has 0 radical (unpaired) electrons. The molecule has 0 amide bonds. The summed E-state index contributed by atoms with van der Waals surface area (Å²) in [5.74, 6) is 2.61. The third-order valence-electron chi connectivity index (χ3n) is 3.33. The Balaban J connectivity index is 2.18. The second-order valence-electron chi connectivity index (χ2n) is 3.86. The van der Waals surface area contributed by atoms with Crippen molar-refractivity contribution < 1.29 is 4.74 Å². The molecule has 2 rings (SSSR count). The first kappa shape index (κ1) is 8.24. The molecule has 2 aliphatic carbocycles. The van der Waals surface area contributed by atoms with Crippen LogP contribution < -0.4 is 0 Å². The zero-order valence-corrected chi connectivity index (χ0v) is 8.30. The first-order chi connectivity index (χ1) is 5.74. The van der Waals surface area contributed by atoms with Gasteiger partial charge in [-0.1, -0.05) is 19.1 Å². The number of thiocarbonyl (C=S) groups is 1. The highest BCUT2D eigenvalue weighted by Crippen LogP contribution is 2.48. The van der Waals surface area contributed by atoms with Crippen molar-refractivity contribution in [2.75, 3.05) is 7.11 Å². The van der Waals surface area contributed by atoms with Crippen molar-refractivity contribution in [3.05, 3.63) is 12.2 Å². The summed E-state index contributed by atoms with van der Waals surface area (Å²) in [7, 11) is 1.69. The minimum Gasteiger partial charge on any atom is -0.490 e. The molecule has 0 aromatic carbocycles. The lowest BCUT2D eigenvalue weighted by atomic mass is 9.85. The van der Waals surface area contributed by atoms with Crippen LogP contribution in [0.5, 0.6) is 0 Å². The van der Waals surface area contributed by atoms with Gasteiger partial charge in [0.2, 0.25) is 0 Å². The van der Waals surface area contributed by atoms with E-state index in [0.717, 1.165) is 11.0 Å². The standard InChI is InChI=1S/C10H14OS/c1-6-7-3-4-8(5-7)9(6)10(12)11-2/h3-4,6-9H,5H2,1-2H3/t6-,7-,8+,9+/m1/s1. The lowest BCUT2D eigenvalue weighted by molar-refractivity contribution is 0.327. The van der Waals surface area contributed by atoms with E-state index >= 15 is 0 Å². The van der Waals surface area contributed by atoms with E-state index in [9.17, 15) is 0 Å². The van der Waals surface area contributed by atoms with Gasteiger partial charge in [-0.3, -0.25) is 0 Å². The highest BCUT2D eigenvalue weighted by atomic mass is 32.1. The Labute approximate surface area is 78.8 Å². The van der Waals surface area contributed by atoms with E-state index in [2.05, 4.69) is 19.1 Å². The molecular formula is C10H14OS. The topological polar surface area (TPSA) is 9.23 Å². The van der Waals surface area contributed by atoms with Crippen LogP contribution >= 0.6 is 12.2 Å². The smallest absolute Gasteiger partial charge is 0.163 e. The van der Waals surface area contributed by atoms with Gasteiger partial charge in [-0.15, -0.1) is 0 Å². The molecular weight excluding hydrogens is 168 g/mol. The number of ether oxygens (including phenoxy) is 1. The van der Waals surface area contributed by atoms with Crippen molar-refractivity contribution >= 4 is 17.3 Å². The molecule has 0 spiro atoms. The monoisotopic (exact) mass is 182 g/mol. The van der Waals surface area contributed by atoms with Crippen molar-refractivity contribution in [2.24, 2.45) is 23.7 Å². The molecule has 0 aromatic heterocycles. The molecule has 1 saturated carbocycles. The van der Waals surface area contributed by atoms with E-state index < -0.39 is 0 Å². The third-order valence-corrected chi connectivity index (χ3v) is 3.77. The molecule has 66 valence electrons. The normalized spacial score (nSPS) is 43.5. The molecule has 0 saturated heterocycles. The number of methoxy groups -OCH3 is 1. The number of fused-ring (bicyclic) bond motifs is 2. The van der Waals surface area contributed by atoms with Gasteiger partial charge in [0.25, 0.3) is 0 Å². The van der Waals surface area contributed by atoms with Crippen LogP contribution in [0.2, 0.25) is 0 Å². The van der Waals surface area contributed by atoms with Gasteiger partial charge in [0.1, 0.15) is 0 Å². The van der Waals surface area contributed by atoms with Crippen LogP contribution in [0.4, 0.5) is 0 Å². The molecule has 2 heteroatoms. The van der Waals surface area contributed by atoms with Crippen LogP contribution in [0.15, 0.2) is 12.2 Å². The molecule has 2 bridgehead atoms. The molecule has 0 aliphatic heterocycles. The summed E-state index contributed by atoms with van der Waals surface area (Å²) in [5.41, 5.74) is 0. The van der Waals surface area contributed by atoms with E-state index in [-0.39, 0.29) is 0 Å². The van der Waals surface area contributed by atoms with E-state index in [1.165, 1.54) is 6.42 Å². The largest absolute Gasteiger partial charge is 0.490 e. The number of hydrogen-bond donors (Lipinski definition) is 0. The van der Waals surface area contributed by atoms with Crippen LogP contribution in [-0.2, 0) is 4.74 Å². The second kappa shape index (κ2) is 2.84. The predicted octanol–water partition coefficient (Wildman–Crippen LogP) is 2.42. The summed E-state index contributed by atoms with van der Waals surface area (Å²) < 4.78 is 5.15. The molecule has 0 aromatic rings. The van der Waals surface area contributed by atoms with Gasteiger partial charge in [-0.2, -0.15) is 0 Å². The first-order valence-electron chi connectivity index (χ1n) is 4.50. The van der Waals surface area contributed by atoms with Gasteiger partial charge >= 0.3 is 0 Å². The first-order valence-corrected chi connectivity index (χ1v) is 4.91. The molecule has 0 heterocycles. The van der Waals surface area contributed by atoms with Crippen LogP contribution in [0.25, 0.3) is 0 Å². The highest BCUT2D eigenvalue weighted by Gasteiger charge is 2.44. The van der Waals surface area contributed by atoms with Gasteiger partial charge < -0.3 is 4.74 Å². The highest BCUT2D eigenvalue weighted by molar-refractivity contribution is 7.80. The zero-order chi connectivity index (χ0) is 8.72. The van der Waals surface area contributed by atoms with Crippen LogP contribution in [0.1, 0.15) is 13.3 Å². The number of hydrogen-bond acceptors (Lipinski definition) is 2. The Morgan fingerprint density at radius 1 is 1.42 bits per heavy atom. The quantitative estimate of drug-likeness (QED) is 0.455. The van der Waals surface area contributed by atoms with Crippen molar-refractivity contribution in [1.29, 1.82) is 0 Å². The molecule has 2 aliphatic rings. The average molecular weight is 182 g/mol. The minimum atomic E-state index is 0.500. The Morgan fingerprint density at radius 2 is 2.08 bits per heavy atom. The van der Waals surface area contributed by atoms with Gasteiger partial charge in [-0.25, -0.2) is 0 Å². The Morgan fingerprint density at radius 3 is 2.58 bits per heavy atom. The summed E-state index contributed by atoms with van der Waals surface area (Å²) in [4.78, 5) is 0. The fourth-order valence-electron chi connectivity index (χ4n) is 2.59. The van der Waals surface area contributed by atoms with Crippen molar-refractivity contribution in [2.45, 2.75) is 13.3 Å². The van der Waals surface area contributed by atoms with Gasteiger partial charge in [-0.05, 0) is 36.4 Å². The van der Waals surface area contributed by atoms with Crippen LogP contribution in [0.3, 0.4) is 0 Å². The van der Waals surface area contributed by atoms with E-state index in [4.69, 9.17) is 17.0 Å². The number of allylic oxidation sites excluding steroid dienone is 2. The molecule has 1 nitrogen and oxygen atoms in total. The summed E-state index contributed by atoms with van der Waals surface area (Å²) >= 11 is 5.20. The maximum Gasteiger partial charge on any atom is 0.163 e. The summed E-state index contributed by atoms with van der Waals surface area (Å²) in [6, 6.07) is 0. The second-order valence-corrected chi connectivity index (χ2v) is 4.26. The fourth-order valence-corrected chi connectivity index (χ4v) is 2.98. The summed E-state index contributed by atoms with van der Waals surface area (Å²) in [6.07, 6.45) is 5.93. The van der Waals surface area contributed by atoms with Gasteiger partial charge in [0.05, 0.1) is 7.11 Å². The van der Waals surface area contributed by atoms with Crippen molar-refractivity contribution in [3.8, 4) is 0 Å². The summed E-state index contributed by atoms with van der Waals surface area (Å²) in [5, 5.41) is 0.805. The number of rotatable bonds is 1. The third kappa shape index (κ3) is 1.01. The SMILES string of the molecule is COC(=S)[C@H]1[C@H](C)[C@@H]2C=C[C@H]1C2. The van der Waals surface area contributed by atoms with Crippen molar-refractivity contribution in [3.63, 3.8) is 0 Å². The van der Waals surface area contributed by atoms with E-state index in [1.54, 1.807) is 7.11 Å².